The molecule has 62 valence electrons. The molecule has 0 N–H and O–H groups in total. The Bertz CT molecular complexity index is 269. The normalized spacial score (nSPS) is 20.7. The van der Waals surface area contributed by atoms with E-state index in [1.54, 1.807) is 0 Å². The van der Waals surface area contributed by atoms with Crippen LogP contribution >= 0.6 is 0 Å². The number of hydrogen-bond donors (Lipinski definition) is 0. The number of nitrogens with zero attached hydrogens (tertiary/aromatic N) is 1. The van der Waals surface area contributed by atoms with Gasteiger partial charge in [-0.05, 0) is 0 Å². The lowest BCUT2D eigenvalue weighted by atomic mass is 10.2. The molecule has 0 aromatic rings. The highest BCUT2D eigenvalue weighted by Crippen LogP contribution is 2.13. The minimum atomic E-state index is -2.83. The summed E-state index contributed by atoms with van der Waals surface area (Å²) in [6.07, 6.45) is 6.32. The zero-order valence-corrected chi connectivity index (χ0v) is 7.26. The van der Waals surface area contributed by atoms with Gasteiger partial charge in [0.05, 0.1) is 11.8 Å². The fourth-order valence-corrected chi connectivity index (χ4v) is 2.01. The quantitative estimate of drug-likeness (QED) is 0.521. The van der Waals surface area contributed by atoms with E-state index < -0.39 is 9.84 Å². The van der Waals surface area contributed by atoms with Crippen LogP contribution in [-0.4, -0.2) is 44.5 Å². The third kappa shape index (κ3) is 1.95. The summed E-state index contributed by atoms with van der Waals surface area (Å²) in [7, 11) is -2.83. The number of hydrogen-bond acceptors (Lipinski definition) is 3. The molecule has 0 atom stereocenters. The average molecular weight is 173 g/mol. The van der Waals surface area contributed by atoms with Crippen molar-refractivity contribution in [2.45, 2.75) is 5.25 Å². The third-order valence-electron chi connectivity index (χ3n) is 1.84. The Morgan fingerprint density at radius 1 is 1.64 bits per heavy atom. The first kappa shape index (κ1) is 8.57. The van der Waals surface area contributed by atoms with Gasteiger partial charge in [-0.1, -0.05) is 5.92 Å². The predicted octanol–water partition coefficient (Wildman–Crippen LogP) is -0.652. The van der Waals surface area contributed by atoms with E-state index in [2.05, 4.69) is 5.92 Å². The van der Waals surface area contributed by atoms with Crippen LogP contribution in [0, 0.1) is 12.3 Å². The van der Waals surface area contributed by atoms with Crippen molar-refractivity contribution in [1.82, 2.24) is 4.90 Å². The lowest BCUT2D eigenvalue weighted by Crippen LogP contribution is -2.54. The molecule has 0 amide bonds. The van der Waals surface area contributed by atoms with E-state index in [4.69, 9.17) is 6.42 Å². The molecule has 0 aromatic carbocycles. The Morgan fingerprint density at radius 3 is 2.55 bits per heavy atom. The van der Waals surface area contributed by atoms with Gasteiger partial charge in [0, 0.05) is 19.3 Å². The van der Waals surface area contributed by atoms with Gasteiger partial charge in [0.15, 0.2) is 9.84 Å². The fraction of sp³-hybridized carbons (Fsp3) is 0.714. The number of rotatable bonds is 2. The standard InChI is InChI=1S/C7H11NO2S/c1-3-4-8-5-7(6-8)11(2,9)10/h1,7H,4-6H2,2H3. The van der Waals surface area contributed by atoms with Crippen molar-refractivity contribution < 1.29 is 8.42 Å². The van der Waals surface area contributed by atoms with Crippen LogP contribution in [-0.2, 0) is 9.84 Å². The third-order valence-corrected chi connectivity index (χ3v) is 3.35. The van der Waals surface area contributed by atoms with Crippen molar-refractivity contribution in [3.8, 4) is 12.3 Å². The van der Waals surface area contributed by atoms with Crippen LogP contribution in [0.25, 0.3) is 0 Å². The molecule has 0 bridgehead atoms. The molecule has 1 heterocycles. The van der Waals surface area contributed by atoms with E-state index in [1.807, 2.05) is 4.90 Å². The van der Waals surface area contributed by atoms with E-state index in [0.717, 1.165) is 0 Å². The van der Waals surface area contributed by atoms with Crippen LogP contribution in [0.5, 0.6) is 0 Å². The van der Waals surface area contributed by atoms with Gasteiger partial charge in [0.2, 0.25) is 0 Å². The average Bonchev–Trinajstić information content (AvgIpc) is 1.74. The summed E-state index contributed by atoms with van der Waals surface area (Å²) in [5.74, 6) is 2.47. The van der Waals surface area contributed by atoms with Crippen LogP contribution in [0.1, 0.15) is 0 Å². The number of sulfone groups is 1. The van der Waals surface area contributed by atoms with Crippen LogP contribution < -0.4 is 0 Å². The molecule has 3 nitrogen and oxygen atoms in total. The molecule has 1 aliphatic heterocycles. The van der Waals surface area contributed by atoms with Crippen molar-refractivity contribution >= 4 is 9.84 Å². The second kappa shape index (κ2) is 2.84. The Morgan fingerprint density at radius 2 is 2.18 bits per heavy atom. The van der Waals surface area contributed by atoms with Crippen molar-refractivity contribution in [1.29, 1.82) is 0 Å². The van der Waals surface area contributed by atoms with Gasteiger partial charge in [0.25, 0.3) is 0 Å². The molecule has 4 heteroatoms. The van der Waals surface area contributed by atoms with Gasteiger partial charge in [-0.2, -0.15) is 0 Å². The summed E-state index contributed by atoms with van der Waals surface area (Å²) in [5, 5.41) is -0.184. The lowest BCUT2D eigenvalue weighted by molar-refractivity contribution is 0.210. The smallest absolute Gasteiger partial charge is 0.152 e. The Kier molecular flexibility index (Phi) is 2.21. The molecule has 1 rings (SSSR count). The van der Waals surface area contributed by atoms with E-state index in [0.29, 0.717) is 19.6 Å². The van der Waals surface area contributed by atoms with Crippen molar-refractivity contribution in [3.63, 3.8) is 0 Å². The van der Waals surface area contributed by atoms with Crippen molar-refractivity contribution in [2.24, 2.45) is 0 Å². The molecular weight excluding hydrogens is 162 g/mol. The van der Waals surface area contributed by atoms with Crippen LogP contribution in [0.15, 0.2) is 0 Å². The zero-order chi connectivity index (χ0) is 8.48. The minimum Gasteiger partial charge on any atom is -0.290 e. The lowest BCUT2D eigenvalue weighted by Gasteiger charge is -2.36. The van der Waals surface area contributed by atoms with Gasteiger partial charge in [0.1, 0.15) is 0 Å². The first-order chi connectivity index (χ1) is 5.04. The second-order valence-electron chi connectivity index (χ2n) is 2.85. The maximum Gasteiger partial charge on any atom is 0.152 e. The summed E-state index contributed by atoms with van der Waals surface area (Å²) >= 11 is 0. The topological polar surface area (TPSA) is 37.4 Å². The van der Waals surface area contributed by atoms with E-state index >= 15 is 0 Å². The van der Waals surface area contributed by atoms with Crippen LogP contribution in [0.2, 0.25) is 0 Å². The molecule has 0 aromatic heterocycles. The summed E-state index contributed by atoms with van der Waals surface area (Å²) < 4.78 is 21.8. The minimum absolute atomic E-state index is 0.184. The molecule has 1 saturated heterocycles. The molecule has 0 aliphatic carbocycles. The first-order valence-corrected chi connectivity index (χ1v) is 5.34. The second-order valence-corrected chi connectivity index (χ2v) is 5.18. The van der Waals surface area contributed by atoms with Crippen molar-refractivity contribution in [3.05, 3.63) is 0 Å². The van der Waals surface area contributed by atoms with E-state index in [-0.39, 0.29) is 5.25 Å². The zero-order valence-electron chi connectivity index (χ0n) is 6.45. The fourth-order valence-electron chi connectivity index (χ4n) is 1.05. The molecule has 0 spiro atoms. The summed E-state index contributed by atoms with van der Waals surface area (Å²) in [6, 6.07) is 0. The van der Waals surface area contributed by atoms with Gasteiger partial charge >= 0.3 is 0 Å². The summed E-state index contributed by atoms with van der Waals surface area (Å²) in [6.45, 7) is 1.76. The Hall–Kier alpha value is -0.530. The molecule has 11 heavy (non-hydrogen) atoms. The van der Waals surface area contributed by atoms with Gasteiger partial charge < -0.3 is 0 Å². The van der Waals surface area contributed by atoms with Gasteiger partial charge in [-0.25, -0.2) is 8.42 Å². The van der Waals surface area contributed by atoms with Crippen LogP contribution in [0.4, 0.5) is 0 Å². The molecule has 0 saturated carbocycles. The monoisotopic (exact) mass is 173 g/mol. The highest BCUT2D eigenvalue weighted by Gasteiger charge is 2.33. The Balaban J connectivity index is 2.37. The maximum absolute atomic E-state index is 10.9. The summed E-state index contributed by atoms with van der Waals surface area (Å²) in [5.41, 5.74) is 0. The molecular formula is C7H11NO2S. The SMILES string of the molecule is C#CCN1CC(S(C)(=O)=O)C1. The highest BCUT2D eigenvalue weighted by atomic mass is 32.2. The van der Waals surface area contributed by atoms with Crippen LogP contribution in [0.3, 0.4) is 0 Å². The van der Waals surface area contributed by atoms with E-state index in [1.165, 1.54) is 6.26 Å². The molecule has 0 unspecified atom stereocenters. The Labute approximate surface area is 67.3 Å². The largest absolute Gasteiger partial charge is 0.290 e. The van der Waals surface area contributed by atoms with Gasteiger partial charge in [-0.15, -0.1) is 6.42 Å². The molecule has 1 aliphatic rings. The van der Waals surface area contributed by atoms with E-state index in [9.17, 15) is 8.42 Å². The number of terminal acetylenes is 1. The van der Waals surface area contributed by atoms with Crippen molar-refractivity contribution in [2.75, 3.05) is 25.9 Å². The first-order valence-electron chi connectivity index (χ1n) is 3.38. The molecule has 1 fully saturated rings. The number of likely N-dealkylation sites (tertiary alicyclic amines) is 1. The summed E-state index contributed by atoms with van der Waals surface area (Å²) in [4.78, 5) is 1.94. The molecule has 0 radical (unpaired) electrons. The highest BCUT2D eigenvalue weighted by molar-refractivity contribution is 7.91. The van der Waals surface area contributed by atoms with Gasteiger partial charge in [-0.3, -0.25) is 4.90 Å². The predicted molar refractivity (Wildman–Crippen MR) is 43.9 cm³/mol. The maximum atomic E-state index is 10.9.